The van der Waals surface area contributed by atoms with Crippen molar-refractivity contribution in [2.75, 3.05) is 11.9 Å². The minimum Gasteiger partial charge on any atom is -0.360 e. The van der Waals surface area contributed by atoms with Gasteiger partial charge in [0.15, 0.2) is 5.82 Å². The summed E-state index contributed by atoms with van der Waals surface area (Å²) in [4.78, 5) is 14.2. The Kier molecular flexibility index (Phi) is 4.20. The molecule has 22 heavy (non-hydrogen) atoms. The topological polar surface area (TPSA) is 58.4 Å². The van der Waals surface area contributed by atoms with Crippen molar-refractivity contribution < 1.29 is 13.7 Å². The maximum absolute atomic E-state index is 13.0. The Bertz CT molecular complexity index is 650. The lowest BCUT2D eigenvalue weighted by Gasteiger charge is -2.21. The first-order valence-electron chi connectivity index (χ1n) is 7.32. The normalized spacial score (nSPS) is 14.3. The third-order valence-electron chi connectivity index (χ3n) is 3.60. The van der Waals surface area contributed by atoms with Crippen molar-refractivity contribution in [3.05, 3.63) is 47.5 Å². The van der Waals surface area contributed by atoms with Crippen molar-refractivity contribution in [2.24, 2.45) is 0 Å². The third-order valence-corrected chi connectivity index (χ3v) is 3.60. The van der Waals surface area contributed by atoms with E-state index in [-0.39, 0.29) is 18.3 Å². The number of halogens is 1. The van der Waals surface area contributed by atoms with Crippen LogP contribution in [0.5, 0.6) is 0 Å². The first-order valence-corrected chi connectivity index (χ1v) is 7.32. The Labute approximate surface area is 128 Å². The van der Waals surface area contributed by atoms with Gasteiger partial charge in [-0.3, -0.25) is 9.69 Å². The molecule has 1 aromatic heterocycles. The molecule has 1 aromatic carbocycles. The Balaban J connectivity index is 1.59. The first kappa shape index (κ1) is 14.7. The lowest BCUT2D eigenvalue weighted by Crippen LogP contribution is -2.34. The molecule has 116 valence electrons. The standard InChI is InChI=1S/C16H18FN3O2/c1-11-8-15(19-22-11)18-16(21)10-20(14-6-7-14)9-12-2-4-13(17)5-3-12/h2-5,8,14H,6-7,9-10H2,1H3,(H,18,19,21). The molecule has 0 atom stereocenters. The van der Waals surface area contributed by atoms with E-state index in [1.54, 1.807) is 25.1 Å². The van der Waals surface area contributed by atoms with Gasteiger partial charge < -0.3 is 9.84 Å². The zero-order chi connectivity index (χ0) is 15.5. The molecule has 1 saturated carbocycles. The number of hydrogen-bond donors (Lipinski definition) is 1. The van der Waals surface area contributed by atoms with Crippen LogP contribution in [0.25, 0.3) is 0 Å². The van der Waals surface area contributed by atoms with Crippen LogP contribution in [0.2, 0.25) is 0 Å². The van der Waals surface area contributed by atoms with Crippen LogP contribution in [-0.4, -0.2) is 28.6 Å². The van der Waals surface area contributed by atoms with Gasteiger partial charge >= 0.3 is 0 Å². The molecule has 1 aliphatic carbocycles. The summed E-state index contributed by atoms with van der Waals surface area (Å²) < 4.78 is 17.9. The molecule has 0 bridgehead atoms. The monoisotopic (exact) mass is 303 g/mol. The van der Waals surface area contributed by atoms with Crippen molar-refractivity contribution in [1.82, 2.24) is 10.1 Å². The Morgan fingerprint density at radius 2 is 2.14 bits per heavy atom. The van der Waals surface area contributed by atoms with E-state index >= 15 is 0 Å². The highest BCUT2D eigenvalue weighted by atomic mass is 19.1. The number of nitrogens with one attached hydrogen (secondary N) is 1. The van der Waals surface area contributed by atoms with Crippen molar-refractivity contribution in [1.29, 1.82) is 0 Å². The van der Waals surface area contributed by atoms with E-state index in [1.807, 2.05) is 0 Å². The van der Waals surface area contributed by atoms with E-state index in [0.717, 1.165) is 18.4 Å². The van der Waals surface area contributed by atoms with Crippen molar-refractivity contribution >= 4 is 11.7 Å². The quantitative estimate of drug-likeness (QED) is 0.891. The number of aromatic nitrogens is 1. The van der Waals surface area contributed by atoms with Crippen LogP contribution < -0.4 is 5.32 Å². The number of carbonyl (C=O) groups is 1. The Morgan fingerprint density at radius 3 is 2.73 bits per heavy atom. The summed E-state index contributed by atoms with van der Waals surface area (Å²) in [5.74, 6) is 0.712. The molecule has 1 amide bonds. The predicted molar refractivity (Wildman–Crippen MR) is 79.7 cm³/mol. The van der Waals surface area contributed by atoms with Crippen LogP contribution in [0.15, 0.2) is 34.9 Å². The maximum Gasteiger partial charge on any atom is 0.239 e. The average Bonchev–Trinajstić information content (AvgIpc) is 3.25. The SMILES string of the molecule is Cc1cc(NC(=O)CN(Cc2ccc(F)cc2)C2CC2)no1. The fourth-order valence-corrected chi connectivity index (χ4v) is 2.37. The highest BCUT2D eigenvalue weighted by Gasteiger charge is 2.30. The smallest absolute Gasteiger partial charge is 0.239 e. The van der Waals surface area contributed by atoms with E-state index in [9.17, 15) is 9.18 Å². The number of rotatable bonds is 6. The molecule has 1 fully saturated rings. The highest BCUT2D eigenvalue weighted by Crippen LogP contribution is 2.28. The van der Waals surface area contributed by atoms with Gasteiger partial charge in [0.2, 0.25) is 5.91 Å². The van der Waals surface area contributed by atoms with Crippen LogP contribution >= 0.6 is 0 Å². The molecule has 0 spiro atoms. The van der Waals surface area contributed by atoms with Crippen LogP contribution in [0.1, 0.15) is 24.2 Å². The summed E-state index contributed by atoms with van der Waals surface area (Å²) in [5.41, 5.74) is 0.999. The number of carbonyl (C=O) groups excluding carboxylic acids is 1. The lowest BCUT2D eigenvalue weighted by atomic mass is 10.2. The first-order chi connectivity index (χ1) is 10.6. The molecule has 3 rings (SSSR count). The van der Waals surface area contributed by atoms with E-state index < -0.39 is 0 Å². The Morgan fingerprint density at radius 1 is 1.41 bits per heavy atom. The van der Waals surface area contributed by atoms with Gasteiger partial charge in [-0.1, -0.05) is 17.3 Å². The van der Waals surface area contributed by atoms with Crippen LogP contribution in [-0.2, 0) is 11.3 Å². The molecule has 1 heterocycles. The molecular formula is C16H18FN3O2. The second kappa shape index (κ2) is 6.27. The second-order valence-corrected chi connectivity index (χ2v) is 5.63. The summed E-state index contributed by atoms with van der Waals surface area (Å²) >= 11 is 0. The fourth-order valence-electron chi connectivity index (χ4n) is 2.37. The van der Waals surface area contributed by atoms with Gasteiger partial charge in [-0.25, -0.2) is 4.39 Å². The van der Waals surface area contributed by atoms with Gasteiger partial charge in [0, 0.05) is 18.7 Å². The van der Waals surface area contributed by atoms with E-state index in [1.165, 1.54) is 12.1 Å². The summed E-state index contributed by atoms with van der Waals surface area (Å²) in [5, 5.41) is 6.48. The molecule has 0 unspecified atom stereocenters. The van der Waals surface area contributed by atoms with Gasteiger partial charge in [-0.15, -0.1) is 0 Å². The third kappa shape index (κ3) is 3.92. The molecule has 1 aliphatic rings. The second-order valence-electron chi connectivity index (χ2n) is 5.63. The van der Waals surface area contributed by atoms with Crippen molar-refractivity contribution in [2.45, 2.75) is 32.4 Å². The summed E-state index contributed by atoms with van der Waals surface area (Å²) in [6.07, 6.45) is 2.19. The molecule has 5 nitrogen and oxygen atoms in total. The number of hydrogen-bond acceptors (Lipinski definition) is 4. The average molecular weight is 303 g/mol. The van der Waals surface area contributed by atoms with Gasteiger partial charge in [-0.05, 0) is 37.5 Å². The number of amides is 1. The molecular weight excluding hydrogens is 285 g/mol. The predicted octanol–water partition coefficient (Wildman–Crippen LogP) is 2.73. The van der Waals surface area contributed by atoms with Gasteiger partial charge in [0.25, 0.3) is 0 Å². The highest BCUT2D eigenvalue weighted by molar-refractivity contribution is 5.91. The molecule has 2 aromatic rings. The van der Waals surface area contributed by atoms with Crippen LogP contribution in [0, 0.1) is 12.7 Å². The van der Waals surface area contributed by atoms with Crippen molar-refractivity contribution in [3.8, 4) is 0 Å². The molecule has 6 heteroatoms. The van der Waals surface area contributed by atoms with E-state index in [4.69, 9.17) is 4.52 Å². The zero-order valence-electron chi connectivity index (χ0n) is 12.4. The van der Waals surface area contributed by atoms with E-state index in [2.05, 4.69) is 15.4 Å². The molecule has 0 radical (unpaired) electrons. The van der Waals surface area contributed by atoms with Crippen molar-refractivity contribution in [3.63, 3.8) is 0 Å². The molecule has 1 N–H and O–H groups in total. The largest absolute Gasteiger partial charge is 0.360 e. The number of aryl methyl sites for hydroxylation is 1. The minimum atomic E-state index is -0.249. The van der Waals surface area contributed by atoms with Crippen LogP contribution in [0.4, 0.5) is 10.2 Å². The number of nitrogens with zero attached hydrogens (tertiary/aromatic N) is 2. The molecule has 0 saturated heterocycles. The number of benzene rings is 1. The summed E-state index contributed by atoms with van der Waals surface area (Å²) in [7, 11) is 0. The van der Waals surface area contributed by atoms with Gasteiger partial charge in [0.1, 0.15) is 11.6 Å². The van der Waals surface area contributed by atoms with Gasteiger partial charge in [-0.2, -0.15) is 0 Å². The lowest BCUT2D eigenvalue weighted by molar-refractivity contribution is -0.117. The maximum atomic E-state index is 13.0. The molecule has 0 aliphatic heterocycles. The van der Waals surface area contributed by atoms with Crippen LogP contribution in [0.3, 0.4) is 0 Å². The minimum absolute atomic E-state index is 0.123. The fraction of sp³-hybridized carbons (Fsp3) is 0.375. The Hall–Kier alpha value is -2.21. The zero-order valence-corrected chi connectivity index (χ0v) is 12.4. The summed E-state index contributed by atoms with van der Waals surface area (Å²) in [6, 6.07) is 8.50. The van der Waals surface area contributed by atoms with Gasteiger partial charge in [0.05, 0.1) is 6.54 Å². The number of anilines is 1. The van der Waals surface area contributed by atoms with E-state index in [0.29, 0.717) is 24.2 Å². The summed E-state index contributed by atoms with van der Waals surface area (Å²) in [6.45, 7) is 2.69.